The first-order valence-electron chi connectivity index (χ1n) is 8.14. The molecule has 0 aliphatic rings. The van der Waals surface area contributed by atoms with Gasteiger partial charge in [-0.15, -0.1) is 0 Å². The number of fused-ring (bicyclic) bond motifs is 1. The van der Waals surface area contributed by atoms with Crippen LogP contribution in [0.3, 0.4) is 0 Å². The molecule has 130 valence electrons. The lowest BCUT2D eigenvalue weighted by Crippen LogP contribution is -2.28. The van der Waals surface area contributed by atoms with E-state index in [-0.39, 0.29) is 5.91 Å². The van der Waals surface area contributed by atoms with Crippen molar-refractivity contribution in [1.29, 1.82) is 0 Å². The van der Waals surface area contributed by atoms with Crippen LogP contribution in [0.2, 0.25) is 0 Å². The lowest BCUT2D eigenvalue weighted by Gasteiger charge is -2.13. The summed E-state index contributed by atoms with van der Waals surface area (Å²) in [4.78, 5) is 20.1. The van der Waals surface area contributed by atoms with Crippen LogP contribution < -0.4 is 5.32 Å². The van der Waals surface area contributed by atoms with E-state index in [0.29, 0.717) is 18.9 Å². The maximum Gasteiger partial charge on any atom is 0.253 e. The molecule has 1 atom stereocenters. The van der Waals surface area contributed by atoms with Gasteiger partial charge < -0.3 is 19.8 Å². The first-order valence-corrected chi connectivity index (χ1v) is 8.14. The highest BCUT2D eigenvalue weighted by Gasteiger charge is 2.14. The smallest absolute Gasteiger partial charge is 0.253 e. The number of rotatable bonds is 7. The van der Waals surface area contributed by atoms with Crippen LogP contribution in [0.1, 0.15) is 6.92 Å². The lowest BCUT2D eigenvalue weighted by atomic mass is 10.2. The van der Waals surface area contributed by atoms with Gasteiger partial charge in [-0.05, 0) is 31.2 Å². The summed E-state index contributed by atoms with van der Waals surface area (Å²) in [6, 6.07) is 15.4. The number of hydrogen-bond donors (Lipinski definition) is 2. The molecule has 1 heterocycles. The molecule has 0 bridgehead atoms. The second-order valence-corrected chi connectivity index (χ2v) is 5.68. The number of methoxy groups -OCH3 is 1. The summed E-state index contributed by atoms with van der Waals surface area (Å²) in [6.45, 7) is 2.55. The van der Waals surface area contributed by atoms with Gasteiger partial charge in [0.15, 0.2) is 0 Å². The van der Waals surface area contributed by atoms with Gasteiger partial charge in [0, 0.05) is 18.4 Å². The SMILES string of the molecule is COCCOC(C)C(=O)Nc1cccc(-c2nc3ccccc3[nH]2)c1. The van der Waals surface area contributed by atoms with Crippen molar-refractivity contribution in [3.05, 3.63) is 48.5 Å². The third kappa shape index (κ3) is 4.23. The second-order valence-electron chi connectivity index (χ2n) is 5.68. The fourth-order valence-corrected chi connectivity index (χ4v) is 2.46. The lowest BCUT2D eigenvalue weighted by molar-refractivity contribution is -0.127. The van der Waals surface area contributed by atoms with Crippen molar-refractivity contribution in [2.75, 3.05) is 25.6 Å². The van der Waals surface area contributed by atoms with Crippen molar-refractivity contribution in [3.63, 3.8) is 0 Å². The molecule has 2 N–H and O–H groups in total. The number of carbonyl (C=O) groups is 1. The quantitative estimate of drug-likeness (QED) is 0.648. The molecule has 6 heteroatoms. The fourth-order valence-electron chi connectivity index (χ4n) is 2.46. The summed E-state index contributed by atoms with van der Waals surface area (Å²) in [5.41, 5.74) is 3.49. The molecule has 0 radical (unpaired) electrons. The minimum absolute atomic E-state index is 0.196. The third-order valence-electron chi connectivity index (χ3n) is 3.82. The molecule has 6 nitrogen and oxygen atoms in total. The maximum atomic E-state index is 12.2. The molecule has 1 amide bonds. The minimum Gasteiger partial charge on any atom is -0.382 e. The van der Waals surface area contributed by atoms with E-state index in [1.54, 1.807) is 14.0 Å². The van der Waals surface area contributed by atoms with E-state index in [4.69, 9.17) is 9.47 Å². The fraction of sp³-hybridized carbons (Fsp3) is 0.263. The average Bonchev–Trinajstić information content (AvgIpc) is 3.06. The van der Waals surface area contributed by atoms with Gasteiger partial charge in [0.05, 0.1) is 24.2 Å². The molecule has 25 heavy (non-hydrogen) atoms. The Morgan fingerprint density at radius 3 is 2.84 bits per heavy atom. The molecule has 0 saturated heterocycles. The Morgan fingerprint density at radius 2 is 2.04 bits per heavy atom. The van der Waals surface area contributed by atoms with Crippen LogP contribution >= 0.6 is 0 Å². The van der Waals surface area contributed by atoms with Crippen LogP contribution in [-0.2, 0) is 14.3 Å². The first kappa shape index (κ1) is 17.1. The largest absolute Gasteiger partial charge is 0.382 e. The molecule has 2 aromatic carbocycles. The van der Waals surface area contributed by atoms with Crippen molar-refractivity contribution in [2.45, 2.75) is 13.0 Å². The molecule has 0 spiro atoms. The maximum absolute atomic E-state index is 12.2. The van der Waals surface area contributed by atoms with Crippen molar-refractivity contribution in [3.8, 4) is 11.4 Å². The average molecular weight is 339 g/mol. The molecule has 0 aliphatic carbocycles. The molecule has 1 aromatic heterocycles. The zero-order valence-corrected chi connectivity index (χ0v) is 14.3. The molecule has 0 aliphatic heterocycles. The Bertz CT molecular complexity index is 827. The number of ether oxygens (including phenoxy) is 2. The number of anilines is 1. The van der Waals surface area contributed by atoms with E-state index < -0.39 is 6.10 Å². The van der Waals surface area contributed by atoms with E-state index in [0.717, 1.165) is 22.4 Å². The van der Waals surface area contributed by atoms with Gasteiger partial charge in [0.25, 0.3) is 5.91 Å². The number of aromatic amines is 1. The molecule has 1 unspecified atom stereocenters. The number of aromatic nitrogens is 2. The van der Waals surface area contributed by atoms with Gasteiger partial charge in [-0.2, -0.15) is 0 Å². The Morgan fingerprint density at radius 1 is 1.20 bits per heavy atom. The van der Waals surface area contributed by atoms with Gasteiger partial charge >= 0.3 is 0 Å². The van der Waals surface area contributed by atoms with Crippen molar-refractivity contribution in [2.24, 2.45) is 0 Å². The topological polar surface area (TPSA) is 76.2 Å². The molecule has 0 saturated carbocycles. The van der Waals surface area contributed by atoms with Crippen LogP contribution in [0.4, 0.5) is 5.69 Å². The van der Waals surface area contributed by atoms with Gasteiger partial charge in [0.1, 0.15) is 11.9 Å². The van der Waals surface area contributed by atoms with Crippen LogP contribution in [0.5, 0.6) is 0 Å². The predicted octanol–water partition coefficient (Wildman–Crippen LogP) is 3.22. The summed E-state index contributed by atoms with van der Waals surface area (Å²) < 4.78 is 10.3. The number of nitrogens with zero attached hydrogens (tertiary/aromatic N) is 1. The Balaban J connectivity index is 1.72. The molecular formula is C19H21N3O3. The highest BCUT2D eigenvalue weighted by molar-refractivity contribution is 5.94. The number of benzene rings is 2. The van der Waals surface area contributed by atoms with E-state index in [1.165, 1.54) is 0 Å². The Hall–Kier alpha value is -2.70. The van der Waals surface area contributed by atoms with Gasteiger partial charge in [-0.1, -0.05) is 24.3 Å². The standard InChI is InChI=1S/C19H21N3O3/c1-13(25-11-10-24-2)19(23)20-15-7-5-6-14(12-15)18-21-16-8-3-4-9-17(16)22-18/h3-9,12-13H,10-11H2,1-2H3,(H,20,23)(H,21,22). The number of hydrogen-bond acceptors (Lipinski definition) is 4. The predicted molar refractivity (Wildman–Crippen MR) is 97.4 cm³/mol. The van der Waals surface area contributed by atoms with Crippen LogP contribution in [0.25, 0.3) is 22.4 Å². The number of H-pyrrole nitrogens is 1. The summed E-state index contributed by atoms with van der Waals surface area (Å²) in [5, 5.41) is 2.87. The summed E-state index contributed by atoms with van der Waals surface area (Å²) in [7, 11) is 1.59. The Kier molecular flexibility index (Phi) is 5.42. The summed E-state index contributed by atoms with van der Waals surface area (Å²) in [5.74, 6) is 0.569. The molecule has 3 rings (SSSR count). The first-order chi connectivity index (χ1) is 12.2. The van der Waals surface area contributed by atoms with Crippen molar-refractivity contribution < 1.29 is 14.3 Å². The van der Waals surface area contributed by atoms with Crippen LogP contribution in [0, 0.1) is 0 Å². The molecular weight excluding hydrogens is 318 g/mol. The zero-order chi connectivity index (χ0) is 17.6. The highest BCUT2D eigenvalue weighted by atomic mass is 16.5. The summed E-state index contributed by atoms with van der Waals surface area (Å²) in [6.07, 6.45) is -0.551. The monoisotopic (exact) mass is 339 g/mol. The number of para-hydroxylation sites is 2. The molecule has 0 fully saturated rings. The number of carbonyl (C=O) groups excluding carboxylic acids is 1. The number of nitrogens with one attached hydrogen (secondary N) is 2. The van der Waals surface area contributed by atoms with Crippen molar-refractivity contribution in [1.82, 2.24) is 9.97 Å². The molecule has 3 aromatic rings. The van der Waals surface area contributed by atoms with E-state index in [2.05, 4.69) is 15.3 Å². The van der Waals surface area contributed by atoms with E-state index >= 15 is 0 Å². The second kappa shape index (κ2) is 7.92. The normalized spacial score (nSPS) is 12.2. The van der Waals surface area contributed by atoms with Gasteiger partial charge in [-0.3, -0.25) is 4.79 Å². The minimum atomic E-state index is -0.551. The highest BCUT2D eigenvalue weighted by Crippen LogP contribution is 2.23. The number of amides is 1. The Labute approximate surface area is 146 Å². The van der Waals surface area contributed by atoms with Crippen LogP contribution in [-0.4, -0.2) is 42.3 Å². The van der Waals surface area contributed by atoms with Gasteiger partial charge in [-0.25, -0.2) is 4.98 Å². The van der Waals surface area contributed by atoms with Gasteiger partial charge in [0.2, 0.25) is 0 Å². The summed E-state index contributed by atoms with van der Waals surface area (Å²) >= 11 is 0. The van der Waals surface area contributed by atoms with Crippen molar-refractivity contribution >= 4 is 22.6 Å². The number of imidazole rings is 1. The van der Waals surface area contributed by atoms with Crippen LogP contribution in [0.15, 0.2) is 48.5 Å². The third-order valence-corrected chi connectivity index (χ3v) is 3.82. The van der Waals surface area contributed by atoms with E-state index in [1.807, 2.05) is 48.5 Å². The van der Waals surface area contributed by atoms with E-state index in [9.17, 15) is 4.79 Å². The zero-order valence-electron chi connectivity index (χ0n) is 14.3.